The average Bonchev–Trinajstić information content (AvgIpc) is 2.62. The van der Waals surface area contributed by atoms with Crippen molar-refractivity contribution in [1.29, 1.82) is 0 Å². The summed E-state index contributed by atoms with van der Waals surface area (Å²) in [6, 6.07) is 0. The van der Waals surface area contributed by atoms with Crippen LogP contribution in [0.3, 0.4) is 0 Å². The molecule has 0 aliphatic carbocycles. The molecule has 0 unspecified atom stereocenters. The summed E-state index contributed by atoms with van der Waals surface area (Å²) < 4.78 is 33.5. The first-order valence-electron chi connectivity index (χ1n) is 11.7. The van der Waals surface area contributed by atoms with Crippen molar-refractivity contribution in [2.45, 2.75) is 135 Å². The SMILES string of the molecule is CCCCCCCCCCCCCCCCCCCCCCOS(=O)(=O)O.[Ca]. The first kappa shape index (κ1) is 31.3. The Kier molecular flexibility index (Phi) is 27.3. The van der Waals surface area contributed by atoms with E-state index in [-0.39, 0.29) is 44.3 Å². The number of hydrogen-bond donors (Lipinski definition) is 1. The zero-order valence-corrected chi connectivity index (χ0v) is 21.7. The van der Waals surface area contributed by atoms with E-state index in [1.807, 2.05) is 0 Å². The summed E-state index contributed by atoms with van der Waals surface area (Å²) in [4.78, 5) is 0. The van der Waals surface area contributed by atoms with Gasteiger partial charge in [-0.3, -0.25) is 4.55 Å². The molecule has 166 valence electrons. The molecule has 0 atom stereocenters. The van der Waals surface area contributed by atoms with Crippen molar-refractivity contribution in [3.63, 3.8) is 0 Å². The normalized spacial score (nSPS) is 11.5. The topological polar surface area (TPSA) is 63.6 Å². The van der Waals surface area contributed by atoms with Crippen LogP contribution in [0.25, 0.3) is 0 Å². The van der Waals surface area contributed by atoms with Crippen LogP contribution in [0.4, 0.5) is 0 Å². The predicted octanol–water partition coefficient (Wildman–Crippen LogP) is 7.25. The molecule has 4 nitrogen and oxygen atoms in total. The molecule has 0 fully saturated rings. The van der Waals surface area contributed by atoms with Crippen LogP contribution < -0.4 is 0 Å². The maximum Gasteiger partial charge on any atom is 0.397 e. The summed E-state index contributed by atoms with van der Waals surface area (Å²) in [5, 5.41) is 0. The quantitative estimate of drug-likeness (QED) is 0.108. The molecule has 0 aromatic carbocycles. The van der Waals surface area contributed by atoms with Gasteiger partial charge in [0.05, 0.1) is 6.61 Å². The monoisotopic (exact) mass is 446 g/mol. The third-order valence-electron chi connectivity index (χ3n) is 5.23. The minimum atomic E-state index is -4.25. The molecule has 0 aliphatic heterocycles. The second-order valence-corrected chi connectivity index (χ2v) is 9.06. The van der Waals surface area contributed by atoms with E-state index in [1.54, 1.807) is 0 Å². The van der Waals surface area contributed by atoms with Crippen LogP contribution >= 0.6 is 0 Å². The van der Waals surface area contributed by atoms with Crippen LogP contribution in [0.2, 0.25) is 0 Å². The second kappa shape index (κ2) is 24.4. The van der Waals surface area contributed by atoms with E-state index >= 15 is 0 Å². The Bertz CT molecular complexity index is 388. The van der Waals surface area contributed by atoms with E-state index in [1.165, 1.54) is 109 Å². The predicted molar refractivity (Wildman–Crippen MR) is 121 cm³/mol. The van der Waals surface area contributed by atoms with Crippen LogP contribution in [0, 0.1) is 0 Å². The summed E-state index contributed by atoms with van der Waals surface area (Å²) in [6.07, 6.45) is 26.3. The van der Waals surface area contributed by atoms with E-state index in [4.69, 9.17) is 4.55 Å². The van der Waals surface area contributed by atoms with Crippen molar-refractivity contribution in [2.75, 3.05) is 6.61 Å². The Hall–Kier alpha value is 1.13. The summed E-state index contributed by atoms with van der Waals surface area (Å²) in [5.41, 5.74) is 0. The summed E-state index contributed by atoms with van der Waals surface area (Å²) in [7, 11) is -4.25. The maximum atomic E-state index is 10.4. The van der Waals surface area contributed by atoms with Gasteiger partial charge in [0.1, 0.15) is 0 Å². The van der Waals surface area contributed by atoms with Crippen LogP contribution in [0.15, 0.2) is 0 Å². The van der Waals surface area contributed by atoms with Gasteiger partial charge in [-0.15, -0.1) is 0 Å². The van der Waals surface area contributed by atoms with Crippen molar-refractivity contribution in [3.05, 3.63) is 0 Å². The van der Waals surface area contributed by atoms with Crippen molar-refractivity contribution in [3.8, 4) is 0 Å². The first-order valence-corrected chi connectivity index (χ1v) is 13.0. The van der Waals surface area contributed by atoms with Gasteiger partial charge in [0, 0.05) is 37.7 Å². The number of hydrogen-bond acceptors (Lipinski definition) is 3. The Morgan fingerprint density at radius 2 is 0.786 bits per heavy atom. The third kappa shape index (κ3) is 29.3. The van der Waals surface area contributed by atoms with Crippen molar-refractivity contribution in [1.82, 2.24) is 0 Å². The minimum Gasteiger partial charge on any atom is -0.264 e. The first-order chi connectivity index (χ1) is 13.1. The molecular formula is C22H46CaO4S. The van der Waals surface area contributed by atoms with Crippen molar-refractivity contribution < 1.29 is 17.2 Å². The molecule has 1 N–H and O–H groups in total. The van der Waals surface area contributed by atoms with Gasteiger partial charge in [0.25, 0.3) is 0 Å². The fourth-order valence-electron chi connectivity index (χ4n) is 3.52. The van der Waals surface area contributed by atoms with Gasteiger partial charge in [0.15, 0.2) is 0 Å². The molecule has 0 saturated carbocycles. The molecule has 2 radical (unpaired) electrons. The fourth-order valence-corrected chi connectivity index (χ4v) is 3.85. The van der Waals surface area contributed by atoms with Gasteiger partial charge >= 0.3 is 10.4 Å². The molecule has 0 saturated heterocycles. The van der Waals surface area contributed by atoms with Crippen LogP contribution in [-0.4, -0.2) is 57.3 Å². The van der Waals surface area contributed by atoms with E-state index in [2.05, 4.69) is 11.1 Å². The third-order valence-corrected chi connectivity index (χ3v) is 5.69. The van der Waals surface area contributed by atoms with E-state index in [9.17, 15) is 8.42 Å². The molecule has 6 heteroatoms. The Balaban J connectivity index is 0. The largest absolute Gasteiger partial charge is 0.397 e. The van der Waals surface area contributed by atoms with E-state index in [0.717, 1.165) is 12.8 Å². The van der Waals surface area contributed by atoms with Crippen molar-refractivity contribution >= 4 is 48.1 Å². The number of unbranched alkanes of at least 4 members (excludes halogenated alkanes) is 19. The summed E-state index contributed by atoms with van der Waals surface area (Å²) in [6.45, 7) is 2.37. The second-order valence-electron chi connectivity index (χ2n) is 7.97. The molecular weight excluding hydrogens is 400 g/mol. The minimum absolute atomic E-state index is 0. The summed E-state index contributed by atoms with van der Waals surface area (Å²) in [5.74, 6) is 0. The smallest absolute Gasteiger partial charge is 0.264 e. The number of rotatable bonds is 22. The van der Waals surface area contributed by atoms with Gasteiger partial charge < -0.3 is 0 Å². The van der Waals surface area contributed by atoms with Gasteiger partial charge in [0.2, 0.25) is 0 Å². The maximum absolute atomic E-state index is 10.4. The van der Waals surface area contributed by atoms with Crippen LogP contribution in [0.1, 0.15) is 135 Å². The summed E-state index contributed by atoms with van der Waals surface area (Å²) >= 11 is 0. The fraction of sp³-hybridized carbons (Fsp3) is 1.00. The van der Waals surface area contributed by atoms with Crippen LogP contribution in [0.5, 0.6) is 0 Å². The molecule has 0 bridgehead atoms. The van der Waals surface area contributed by atoms with Gasteiger partial charge in [-0.2, -0.15) is 8.42 Å². The standard InChI is InChI=1S/C22H46O4S.Ca/c1-2-3-4-5-6-7-8-9-10-11-12-13-14-15-16-17-18-19-20-21-22-26-27(23,24)25;/h2-22H2,1H3,(H,23,24,25);. The van der Waals surface area contributed by atoms with E-state index < -0.39 is 10.4 Å². The molecule has 0 spiro atoms. The van der Waals surface area contributed by atoms with Gasteiger partial charge in [-0.05, 0) is 6.42 Å². The Morgan fingerprint density at radius 3 is 1.04 bits per heavy atom. The molecule has 28 heavy (non-hydrogen) atoms. The average molecular weight is 447 g/mol. The molecule has 0 rings (SSSR count). The van der Waals surface area contributed by atoms with Crippen molar-refractivity contribution in [2.24, 2.45) is 0 Å². The van der Waals surface area contributed by atoms with E-state index in [0.29, 0.717) is 6.42 Å². The zero-order chi connectivity index (χ0) is 20.1. The Morgan fingerprint density at radius 1 is 0.536 bits per heavy atom. The van der Waals surface area contributed by atoms with Gasteiger partial charge in [-0.1, -0.05) is 129 Å². The molecule has 0 aliphatic rings. The molecule has 0 heterocycles. The molecule has 0 aromatic rings. The molecule has 0 amide bonds. The Labute approximate surface area is 205 Å². The van der Waals surface area contributed by atoms with Gasteiger partial charge in [-0.25, -0.2) is 4.18 Å². The molecule has 0 aromatic heterocycles. The van der Waals surface area contributed by atoms with Crippen LogP contribution in [-0.2, 0) is 14.6 Å². The zero-order valence-electron chi connectivity index (χ0n) is 18.6.